The Hall–Kier alpha value is -2.11. The molecule has 0 saturated heterocycles. The number of hydrogen-bond acceptors (Lipinski definition) is 4. The number of nitrogens with zero attached hydrogens (tertiary/aromatic N) is 3. The molecule has 17 heavy (non-hydrogen) atoms. The molecule has 0 atom stereocenters. The zero-order chi connectivity index (χ0) is 12.4. The molecular formula is C11H15N5O. The molecule has 2 aromatic heterocycles. The maximum Gasteiger partial charge on any atom is 0.276 e. The van der Waals surface area contributed by atoms with E-state index in [1.165, 1.54) is 6.33 Å². The Kier molecular flexibility index (Phi) is 2.95. The minimum Gasteiger partial charge on any atom is -0.391 e. The van der Waals surface area contributed by atoms with Gasteiger partial charge in [-0.2, -0.15) is 5.10 Å². The molecule has 2 heterocycles. The molecule has 0 fully saturated rings. The van der Waals surface area contributed by atoms with Crippen LogP contribution < -0.4 is 11.3 Å². The molecule has 0 aliphatic rings. The molecule has 0 aliphatic heterocycles. The molecule has 6 heteroatoms. The molecule has 90 valence electrons. The topological polar surface area (TPSA) is 89.6 Å². The zero-order valence-electron chi connectivity index (χ0n) is 9.90. The zero-order valence-corrected chi connectivity index (χ0v) is 9.90. The first-order valence-corrected chi connectivity index (χ1v) is 5.58. The Morgan fingerprint density at radius 2 is 2.18 bits per heavy atom. The lowest BCUT2D eigenvalue weighted by Crippen LogP contribution is -2.18. The fourth-order valence-corrected chi connectivity index (χ4v) is 1.65. The molecule has 0 aromatic carbocycles. The van der Waals surface area contributed by atoms with E-state index in [4.69, 9.17) is 5.73 Å². The summed E-state index contributed by atoms with van der Waals surface area (Å²) in [6.45, 7) is 4.05. The summed E-state index contributed by atoms with van der Waals surface area (Å²) in [6, 6.07) is 2.00. The third kappa shape index (κ3) is 1.93. The van der Waals surface area contributed by atoms with Crippen molar-refractivity contribution in [2.24, 2.45) is 0 Å². The lowest BCUT2D eigenvalue weighted by molar-refractivity contribution is 0.769. The maximum absolute atomic E-state index is 11.4. The van der Waals surface area contributed by atoms with Crippen molar-refractivity contribution in [1.82, 2.24) is 19.7 Å². The first-order chi connectivity index (χ1) is 8.17. The van der Waals surface area contributed by atoms with Crippen molar-refractivity contribution in [3.8, 4) is 5.82 Å². The predicted octanol–water partition coefficient (Wildman–Crippen LogP) is 0.663. The predicted molar refractivity (Wildman–Crippen MR) is 65.1 cm³/mol. The summed E-state index contributed by atoms with van der Waals surface area (Å²) in [6.07, 6.45) is 2.98. The van der Waals surface area contributed by atoms with Crippen LogP contribution in [0.5, 0.6) is 0 Å². The molecule has 0 radical (unpaired) electrons. The number of nitrogens with two attached hydrogens (primary N) is 1. The molecule has 2 aromatic rings. The Balaban J connectivity index is 2.63. The molecule has 0 spiro atoms. The van der Waals surface area contributed by atoms with Gasteiger partial charge < -0.3 is 10.7 Å². The van der Waals surface area contributed by atoms with Crippen LogP contribution in [0.2, 0.25) is 0 Å². The average molecular weight is 233 g/mol. The van der Waals surface area contributed by atoms with Crippen LogP contribution in [-0.2, 0) is 12.8 Å². The fourth-order valence-electron chi connectivity index (χ4n) is 1.65. The molecule has 0 bridgehead atoms. The van der Waals surface area contributed by atoms with Gasteiger partial charge in [-0.1, -0.05) is 13.8 Å². The standard InChI is InChI=1S/C11H15N5O/c1-3-7-5-8(4-2)16(15-7)10-9(12)11(17)14-6-13-10/h5-6H,3-4,12H2,1-2H3,(H,13,14,17). The van der Waals surface area contributed by atoms with Crippen molar-refractivity contribution in [3.05, 3.63) is 34.1 Å². The van der Waals surface area contributed by atoms with Crippen molar-refractivity contribution in [2.45, 2.75) is 26.7 Å². The second-order valence-corrected chi connectivity index (χ2v) is 3.71. The van der Waals surface area contributed by atoms with Gasteiger partial charge in [-0.25, -0.2) is 9.67 Å². The van der Waals surface area contributed by atoms with Crippen LogP contribution in [0.1, 0.15) is 25.2 Å². The van der Waals surface area contributed by atoms with Gasteiger partial charge in [-0.05, 0) is 18.9 Å². The summed E-state index contributed by atoms with van der Waals surface area (Å²) >= 11 is 0. The minimum absolute atomic E-state index is 0.0907. The van der Waals surface area contributed by atoms with Crippen LogP contribution >= 0.6 is 0 Å². The van der Waals surface area contributed by atoms with E-state index in [9.17, 15) is 4.79 Å². The highest BCUT2D eigenvalue weighted by molar-refractivity contribution is 5.50. The van der Waals surface area contributed by atoms with Crippen molar-refractivity contribution >= 4 is 5.69 Å². The Bertz CT molecular complexity index is 584. The summed E-state index contributed by atoms with van der Waals surface area (Å²) in [5.74, 6) is 0.394. The number of hydrogen-bond donors (Lipinski definition) is 2. The third-order valence-electron chi connectivity index (χ3n) is 2.63. The molecule has 6 nitrogen and oxygen atoms in total. The van der Waals surface area contributed by atoms with E-state index in [-0.39, 0.29) is 11.2 Å². The van der Waals surface area contributed by atoms with Crippen LogP contribution in [0.15, 0.2) is 17.2 Å². The SMILES string of the molecule is CCc1cc(CC)n(-c2nc[nH]c(=O)c2N)n1. The number of nitrogen functional groups attached to an aromatic ring is 1. The monoisotopic (exact) mass is 233 g/mol. The van der Waals surface area contributed by atoms with E-state index < -0.39 is 0 Å². The van der Waals surface area contributed by atoms with E-state index in [0.29, 0.717) is 5.82 Å². The van der Waals surface area contributed by atoms with Crippen molar-refractivity contribution in [1.29, 1.82) is 0 Å². The largest absolute Gasteiger partial charge is 0.391 e. The van der Waals surface area contributed by atoms with Gasteiger partial charge in [0.05, 0.1) is 12.0 Å². The molecule has 2 rings (SSSR count). The Morgan fingerprint density at radius 1 is 1.41 bits per heavy atom. The minimum atomic E-state index is -0.342. The highest BCUT2D eigenvalue weighted by atomic mass is 16.1. The Labute approximate surface area is 98.5 Å². The van der Waals surface area contributed by atoms with E-state index in [1.54, 1.807) is 4.68 Å². The fraction of sp³-hybridized carbons (Fsp3) is 0.364. The maximum atomic E-state index is 11.4. The highest BCUT2D eigenvalue weighted by Gasteiger charge is 2.12. The number of aromatic amines is 1. The Morgan fingerprint density at radius 3 is 2.82 bits per heavy atom. The number of rotatable bonds is 3. The third-order valence-corrected chi connectivity index (χ3v) is 2.63. The summed E-state index contributed by atoms with van der Waals surface area (Å²) in [4.78, 5) is 17.9. The normalized spacial score (nSPS) is 10.7. The number of anilines is 1. The van der Waals surface area contributed by atoms with Crippen molar-refractivity contribution < 1.29 is 0 Å². The highest BCUT2D eigenvalue weighted by Crippen LogP contribution is 2.14. The van der Waals surface area contributed by atoms with Gasteiger partial charge in [0.1, 0.15) is 5.69 Å². The number of nitrogens with one attached hydrogen (secondary N) is 1. The first kappa shape index (κ1) is 11.4. The summed E-state index contributed by atoms with van der Waals surface area (Å²) in [5, 5.41) is 4.39. The van der Waals surface area contributed by atoms with Crippen LogP contribution in [0.3, 0.4) is 0 Å². The van der Waals surface area contributed by atoms with Gasteiger partial charge in [-0.3, -0.25) is 4.79 Å². The molecule has 3 N–H and O–H groups in total. The quantitative estimate of drug-likeness (QED) is 0.815. The first-order valence-electron chi connectivity index (χ1n) is 5.58. The number of aryl methyl sites for hydroxylation is 2. The van der Waals surface area contributed by atoms with E-state index in [0.717, 1.165) is 24.2 Å². The van der Waals surface area contributed by atoms with Gasteiger partial charge in [0.2, 0.25) is 0 Å². The van der Waals surface area contributed by atoms with Gasteiger partial charge in [0, 0.05) is 5.69 Å². The van der Waals surface area contributed by atoms with E-state index in [2.05, 4.69) is 15.1 Å². The summed E-state index contributed by atoms with van der Waals surface area (Å²) in [5.41, 5.74) is 7.42. The second-order valence-electron chi connectivity index (χ2n) is 3.71. The molecule has 0 saturated carbocycles. The average Bonchev–Trinajstić information content (AvgIpc) is 2.76. The van der Waals surface area contributed by atoms with E-state index >= 15 is 0 Å². The smallest absolute Gasteiger partial charge is 0.276 e. The van der Waals surface area contributed by atoms with Gasteiger partial charge in [-0.15, -0.1) is 0 Å². The van der Waals surface area contributed by atoms with E-state index in [1.807, 2.05) is 19.9 Å². The van der Waals surface area contributed by atoms with Gasteiger partial charge in [0.15, 0.2) is 5.82 Å². The van der Waals surface area contributed by atoms with Gasteiger partial charge >= 0.3 is 0 Å². The second kappa shape index (κ2) is 4.40. The number of aromatic nitrogens is 4. The van der Waals surface area contributed by atoms with Crippen molar-refractivity contribution in [3.63, 3.8) is 0 Å². The molecular weight excluding hydrogens is 218 g/mol. The van der Waals surface area contributed by atoms with Crippen LogP contribution in [0.4, 0.5) is 5.69 Å². The summed E-state index contributed by atoms with van der Waals surface area (Å²) in [7, 11) is 0. The molecule has 0 amide bonds. The van der Waals surface area contributed by atoms with Gasteiger partial charge in [0.25, 0.3) is 5.56 Å². The number of H-pyrrole nitrogens is 1. The van der Waals surface area contributed by atoms with Crippen molar-refractivity contribution in [2.75, 3.05) is 5.73 Å². The lowest BCUT2D eigenvalue weighted by Gasteiger charge is -2.06. The van der Waals surface area contributed by atoms with Crippen LogP contribution in [-0.4, -0.2) is 19.7 Å². The molecule has 0 unspecified atom stereocenters. The summed E-state index contributed by atoms with van der Waals surface area (Å²) < 4.78 is 1.64. The molecule has 0 aliphatic carbocycles. The lowest BCUT2D eigenvalue weighted by atomic mass is 10.2. The van der Waals surface area contributed by atoms with Crippen LogP contribution in [0.25, 0.3) is 5.82 Å². The van der Waals surface area contributed by atoms with Crippen LogP contribution in [0, 0.1) is 0 Å².